The van der Waals surface area contributed by atoms with Crippen molar-refractivity contribution in [1.29, 1.82) is 0 Å². The van der Waals surface area contributed by atoms with Crippen LogP contribution in [0.5, 0.6) is 0 Å². The molecule has 0 N–H and O–H groups in total. The van der Waals surface area contributed by atoms with Gasteiger partial charge in [0.2, 0.25) is 0 Å². The third-order valence-corrected chi connectivity index (χ3v) is 39.0. The van der Waals surface area contributed by atoms with Crippen molar-refractivity contribution in [3.05, 3.63) is 130 Å². The Balaban J connectivity index is 1.56. The van der Waals surface area contributed by atoms with E-state index in [-0.39, 0.29) is 0 Å². The fraction of sp³-hybridized carbons (Fsp3) is 0.293. The number of benzene rings is 4. The van der Waals surface area contributed by atoms with Crippen LogP contribution < -0.4 is 0 Å². The summed E-state index contributed by atoms with van der Waals surface area (Å²) in [5.74, 6) is 0. The van der Waals surface area contributed by atoms with Gasteiger partial charge in [-0.05, 0) is 0 Å². The Kier molecular flexibility index (Phi) is 7.86. The second-order valence-corrected chi connectivity index (χ2v) is 39.0. The normalized spacial score (nSPS) is 17.4. The second-order valence-electron chi connectivity index (χ2n) is 13.2. The summed E-state index contributed by atoms with van der Waals surface area (Å²) in [6, 6.07) is 32.3. The van der Waals surface area contributed by atoms with Crippen LogP contribution in [0.4, 0.5) is 0 Å². The molecule has 214 valence electrons. The zero-order chi connectivity index (χ0) is 29.5. The van der Waals surface area contributed by atoms with Gasteiger partial charge in [0.15, 0.2) is 0 Å². The van der Waals surface area contributed by atoms with E-state index < -0.39 is 18.0 Å². The molecular weight excluding hydrogens is 671 g/mol. The van der Waals surface area contributed by atoms with E-state index in [4.69, 9.17) is 0 Å². The molecule has 2 aliphatic carbocycles. The molecule has 1 heteroatoms. The van der Waals surface area contributed by atoms with Gasteiger partial charge in [-0.15, -0.1) is 0 Å². The van der Waals surface area contributed by atoms with Gasteiger partial charge < -0.3 is 0 Å². The van der Waals surface area contributed by atoms with E-state index in [1.54, 1.807) is 11.1 Å². The molecule has 0 fully saturated rings. The molecule has 0 aromatic heterocycles. The number of rotatable bonds is 8. The average Bonchev–Trinajstić information content (AvgIpc) is 3.68. The summed E-state index contributed by atoms with van der Waals surface area (Å²) in [6.07, 6.45) is 14.7. The van der Waals surface area contributed by atoms with Gasteiger partial charge in [-0.2, -0.15) is 0 Å². The Hall–Kier alpha value is -2.90. The molecule has 0 spiro atoms. The first kappa shape index (κ1) is 29.2. The quantitative estimate of drug-likeness (QED) is 0.159. The molecule has 2 aliphatic rings. The van der Waals surface area contributed by atoms with E-state index in [2.05, 4.69) is 146 Å². The van der Waals surface area contributed by atoms with Crippen LogP contribution in [0.3, 0.4) is 0 Å². The standard InChI is InChI=1S/2C17H15.C5H10.2CH3.Hf/c2*1-2-13-7-3-4-10-15(13)17-12-6-9-14-8-5-11-16(14)17;1-3-5-4-2;;;/h2*3-12H,2H2,1H3;3-4H2,1-2H3;2*1H3;. The first-order chi connectivity index (χ1) is 20.4. The summed E-state index contributed by atoms with van der Waals surface area (Å²) in [6.45, 7) is 9.39. The van der Waals surface area contributed by atoms with Crippen molar-refractivity contribution in [2.75, 3.05) is 0 Å². The maximum absolute atomic E-state index is 3.98. The zero-order valence-corrected chi connectivity index (χ0v) is 30.0. The molecule has 0 amide bonds. The van der Waals surface area contributed by atoms with E-state index in [0.29, 0.717) is 7.35 Å². The molecule has 0 bridgehead atoms. The predicted molar refractivity (Wildman–Crippen MR) is 183 cm³/mol. The van der Waals surface area contributed by atoms with Crippen LogP contribution in [0.25, 0.3) is 34.4 Å². The van der Waals surface area contributed by atoms with E-state index in [0.717, 1.165) is 12.8 Å². The number of hydrogen-bond donors (Lipinski definition) is 0. The summed E-state index contributed by atoms with van der Waals surface area (Å²) < 4.78 is 8.44. The van der Waals surface area contributed by atoms with Gasteiger partial charge in [0.05, 0.1) is 0 Å². The molecule has 4 aromatic carbocycles. The average molecular weight is 717 g/mol. The van der Waals surface area contributed by atoms with Crippen LogP contribution in [0.15, 0.2) is 97.1 Å². The minimum atomic E-state index is -3.98. The van der Waals surface area contributed by atoms with Crippen LogP contribution in [0.1, 0.15) is 81.3 Å². The first-order valence-electron chi connectivity index (χ1n) is 16.2. The minimum absolute atomic E-state index is 0.493. The molecule has 0 saturated carbocycles. The maximum atomic E-state index is 2.80. The summed E-state index contributed by atoms with van der Waals surface area (Å²) in [4.78, 5) is 0. The van der Waals surface area contributed by atoms with Crippen molar-refractivity contribution in [3.8, 4) is 22.3 Å². The number of aryl methyl sites for hydroxylation is 2. The molecule has 0 radical (unpaired) electrons. The van der Waals surface area contributed by atoms with Gasteiger partial charge in [-0.25, -0.2) is 0 Å². The van der Waals surface area contributed by atoms with Crippen molar-refractivity contribution in [3.63, 3.8) is 0 Å². The first-order valence-corrected chi connectivity index (χ1v) is 29.3. The topological polar surface area (TPSA) is 0 Å². The van der Waals surface area contributed by atoms with Gasteiger partial charge in [-0.1, -0.05) is 0 Å². The van der Waals surface area contributed by atoms with Crippen molar-refractivity contribution < 1.29 is 18.0 Å². The fourth-order valence-corrected chi connectivity index (χ4v) is 35.1. The van der Waals surface area contributed by atoms with Crippen LogP contribution in [0, 0.1) is 0 Å². The molecule has 0 aliphatic heterocycles. The summed E-state index contributed by atoms with van der Waals surface area (Å²) >= 11 is -3.98. The molecule has 2 unspecified atom stereocenters. The Labute approximate surface area is 254 Å². The van der Waals surface area contributed by atoms with Crippen molar-refractivity contribution in [1.82, 2.24) is 0 Å². The number of hydrogen-bond acceptors (Lipinski definition) is 0. The molecular formula is C41H46Hf. The van der Waals surface area contributed by atoms with Crippen molar-refractivity contribution in [2.45, 2.75) is 70.1 Å². The van der Waals surface area contributed by atoms with Crippen LogP contribution in [-0.2, 0) is 30.9 Å². The third kappa shape index (κ3) is 4.38. The van der Waals surface area contributed by atoms with Crippen LogP contribution >= 0.6 is 0 Å². The monoisotopic (exact) mass is 718 g/mol. The third-order valence-electron chi connectivity index (χ3n) is 11.1. The zero-order valence-electron chi connectivity index (χ0n) is 26.4. The van der Waals surface area contributed by atoms with Gasteiger partial charge in [0.25, 0.3) is 0 Å². The van der Waals surface area contributed by atoms with Crippen LogP contribution in [-0.4, -0.2) is 3.26 Å². The molecule has 6 rings (SSSR count). The second kappa shape index (κ2) is 11.3. The van der Waals surface area contributed by atoms with Gasteiger partial charge in [-0.3, -0.25) is 0 Å². The SMILES string of the molecule is CC[C](CC)=[Hf]([CH3])([CH3])([CH]1C=Cc2c(-c3ccccc3CC)cccc21)[CH]1C=Cc2c(-c3ccccc3CC)cccc21. The Bertz CT molecular complexity index is 1660. The van der Waals surface area contributed by atoms with E-state index in [1.807, 2.05) is 3.26 Å². The fourth-order valence-electron chi connectivity index (χ4n) is 8.87. The van der Waals surface area contributed by atoms with E-state index in [9.17, 15) is 0 Å². The summed E-state index contributed by atoms with van der Waals surface area (Å²) in [5.41, 5.74) is 14.5. The van der Waals surface area contributed by atoms with Gasteiger partial charge >= 0.3 is 256 Å². The van der Waals surface area contributed by atoms with E-state index in [1.165, 1.54) is 57.3 Å². The molecule has 0 heterocycles. The van der Waals surface area contributed by atoms with Crippen LogP contribution in [0.2, 0.25) is 9.36 Å². The van der Waals surface area contributed by atoms with Crippen molar-refractivity contribution >= 4 is 15.4 Å². The summed E-state index contributed by atoms with van der Waals surface area (Å²) in [5, 5.41) is 0. The molecule has 0 saturated heterocycles. The Morgan fingerprint density at radius 1 is 0.524 bits per heavy atom. The predicted octanol–water partition coefficient (Wildman–Crippen LogP) is 11.8. The number of fused-ring (bicyclic) bond motifs is 2. The number of allylic oxidation sites excluding steroid dienone is 2. The Morgan fingerprint density at radius 3 is 1.33 bits per heavy atom. The van der Waals surface area contributed by atoms with Crippen molar-refractivity contribution in [2.24, 2.45) is 0 Å². The van der Waals surface area contributed by atoms with Gasteiger partial charge in [0, 0.05) is 0 Å². The van der Waals surface area contributed by atoms with Gasteiger partial charge in [0.1, 0.15) is 0 Å². The molecule has 42 heavy (non-hydrogen) atoms. The summed E-state index contributed by atoms with van der Waals surface area (Å²) in [7, 11) is 0. The molecule has 2 atom stereocenters. The molecule has 4 aromatic rings. The van der Waals surface area contributed by atoms with E-state index >= 15 is 0 Å². The molecule has 0 nitrogen and oxygen atoms in total. The Morgan fingerprint density at radius 2 is 0.929 bits per heavy atom.